The van der Waals surface area contributed by atoms with Crippen LogP contribution in [0.15, 0.2) is 24.3 Å². The predicted molar refractivity (Wildman–Crippen MR) is 147 cm³/mol. The van der Waals surface area contributed by atoms with Gasteiger partial charge in [-0.1, -0.05) is 25.0 Å². The third-order valence-electron chi connectivity index (χ3n) is 6.25. The quantitative estimate of drug-likeness (QED) is 0.310. The molecule has 9 heteroatoms. The normalized spacial score (nSPS) is 13.4. The van der Waals surface area contributed by atoms with E-state index in [-0.39, 0.29) is 24.4 Å². The van der Waals surface area contributed by atoms with Gasteiger partial charge in [-0.05, 0) is 75.8 Å². The van der Waals surface area contributed by atoms with Crippen molar-refractivity contribution in [3.8, 4) is 17.6 Å². The van der Waals surface area contributed by atoms with Gasteiger partial charge in [-0.3, -0.25) is 9.59 Å². The van der Waals surface area contributed by atoms with Crippen LogP contribution in [0.2, 0.25) is 0 Å². The number of esters is 2. The van der Waals surface area contributed by atoms with Gasteiger partial charge in [0.2, 0.25) is 5.91 Å². The highest BCUT2D eigenvalue weighted by Crippen LogP contribution is 2.24. The monoisotopic (exact) mass is 540 g/mol. The number of aliphatic hydroxyl groups excluding tert-OH is 1. The summed E-state index contributed by atoms with van der Waals surface area (Å²) in [6.45, 7) is 10.7. The van der Waals surface area contributed by atoms with Crippen LogP contribution in [0.3, 0.4) is 0 Å². The summed E-state index contributed by atoms with van der Waals surface area (Å²) in [7, 11) is 2.90. The highest BCUT2D eigenvalue weighted by atomic mass is 16.6. The molecule has 1 heterocycles. The van der Waals surface area contributed by atoms with Crippen LogP contribution >= 0.6 is 0 Å². The van der Waals surface area contributed by atoms with Gasteiger partial charge in [-0.2, -0.15) is 0 Å². The maximum Gasteiger partial charge on any atom is 0.355 e. The first-order chi connectivity index (χ1) is 18.3. The zero-order valence-electron chi connectivity index (χ0n) is 24.1. The minimum absolute atomic E-state index is 0.0829. The van der Waals surface area contributed by atoms with E-state index in [0.29, 0.717) is 23.4 Å². The minimum atomic E-state index is -0.890. The number of carbonyl (C=O) groups is 3. The van der Waals surface area contributed by atoms with Gasteiger partial charge in [0, 0.05) is 13.0 Å². The van der Waals surface area contributed by atoms with Gasteiger partial charge in [0.1, 0.15) is 17.0 Å². The number of ether oxygens (including phenoxy) is 3. The molecule has 0 aliphatic rings. The molecule has 2 rings (SSSR count). The van der Waals surface area contributed by atoms with E-state index in [1.807, 2.05) is 24.3 Å². The van der Waals surface area contributed by atoms with Crippen LogP contribution in [0.5, 0.6) is 5.75 Å². The van der Waals surface area contributed by atoms with Crippen LogP contribution in [0.25, 0.3) is 0 Å². The number of carbonyl (C=O) groups excluding carboxylic acids is 3. The molecule has 1 aromatic heterocycles. The summed E-state index contributed by atoms with van der Waals surface area (Å²) in [6, 6.07) is 7.37. The number of aromatic amines is 1. The number of benzene rings is 1. The zero-order chi connectivity index (χ0) is 29.3. The van der Waals surface area contributed by atoms with Crippen molar-refractivity contribution in [1.82, 2.24) is 10.3 Å². The number of aromatic nitrogens is 1. The number of nitrogens with one attached hydrogen (secondary N) is 2. The van der Waals surface area contributed by atoms with E-state index in [9.17, 15) is 19.5 Å². The molecule has 0 bridgehead atoms. The second kappa shape index (κ2) is 13.9. The second-order valence-corrected chi connectivity index (χ2v) is 10.4. The first-order valence-electron chi connectivity index (χ1n) is 12.9. The Morgan fingerprint density at radius 2 is 1.74 bits per heavy atom. The van der Waals surface area contributed by atoms with Gasteiger partial charge in [-0.15, -0.1) is 0 Å². The van der Waals surface area contributed by atoms with Crippen LogP contribution in [0, 0.1) is 30.6 Å². The van der Waals surface area contributed by atoms with Gasteiger partial charge in [0.15, 0.2) is 0 Å². The Morgan fingerprint density at radius 1 is 1.10 bits per heavy atom. The minimum Gasteiger partial charge on any atom is -0.497 e. The van der Waals surface area contributed by atoms with Gasteiger partial charge in [-0.25, -0.2) is 4.79 Å². The summed E-state index contributed by atoms with van der Waals surface area (Å²) < 4.78 is 15.4. The van der Waals surface area contributed by atoms with Crippen LogP contribution in [0.4, 0.5) is 0 Å². The topological polar surface area (TPSA) is 127 Å². The predicted octanol–water partition coefficient (Wildman–Crippen LogP) is 3.69. The van der Waals surface area contributed by atoms with Crippen LogP contribution in [-0.2, 0) is 32.0 Å². The first-order valence-corrected chi connectivity index (χ1v) is 12.9. The van der Waals surface area contributed by atoms with Crippen molar-refractivity contribution in [3.63, 3.8) is 0 Å². The van der Waals surface area contributed by atoms with Gasteiger partial charge in [0.05, 0.1) is 37.9 Å². The molecule has 0 spiro atoms. The largest absolute Gasteiger partial charge is 0.497 e. The molecule has 0 saturated carbocycles. The fourth-order valence-corrected chi connectivity index (χ4v) is 3.98. The highest BCUT2D eigenvalue weighted by Gasteiger charge is 2.28. The van der Waals surface area contributed by atoms with Crippen molar-refractivity contribution in [2.45, 2.75) is 72.6 Å². The average Bonchev–Trinajstić information content (AvgIpc) is 3.20. The SMILES string of the molecule is COC(=O)CCc1c(C(=O)OC(C)(C)C)[nH]c(C#C[C@H]([C@H](C)O)[C@@H](C)C(=O)NCc2ccc(OC)cc2)c1C. The van der Waals surface area contributed by atoms with E-state index in [1.54, 1.807) is 48.7 Å². The Labute approximate surface area is 230 Å². The maximum absolute atomic E-state index is 12.9. The van der Waals surface area contributed by atoms with E-state index in [1.165, 1.54) is 7.11 Å². The summed E-state index contributed by atoms with van der Waals surface area (Å²) in [4.78, 5) is 40.6. The molecule has 3 N–H and O–H groups in total. The fourth-order valence-electron chi connectivity index (χ4n) is 3.98. The summed E-state index contributed by atoms with van der Waals surface area (Å²) in [6.07, 6.45) is -0.548. The van der Waals surface area contributed by atoms with E-state index in [0.717, 1.165) is 11.3 Å². The molecule has 0 fully saturated rings. The average molecular weight is 541 g/mol. The molecule has 2 aromatic rings. The Balaban J connectivity index is 2.28. The maximum atomic E-state index is 12.9. The van der Waals surface area contributed by atoms with E-state index < -0.39 is 35.5 Å². The molecule has 0 unspecified atom stereocenters. The van der Waals surface area contributed by atoms with Crippen molar-refractivity contribution < 1.29 is 33.7 Å². The van der Waals surface area contributed by atoms with Crippen molar-refractivity contribution in [2.75, 3.05) is 14.2 Å². The third-order valence-corrected chi connectivity index (χ3v) is 6.25. The molecule has 212 valence electrons. The van der Waals surface area contributed by atoms with Crippen molar-refractivity contribution in [3.05, 3.63) is 52.3 Å². The Hall–Kier alpha value is -3.77. The molecule has 39 heavy (non-hydrogen) atoms. The molecule has 0 aliphatic heterocycles. The number of rotatable bonds is 10. The molecule has 0 radical (unpaired) electrons. The molecular formula is C30H40N2O7. The third kappa shape index (κ3) is 9.18. The zero-order valence-corrected chi connectivity index (χ0v) is 24.1. The highest BCUT2D eigenvalue weighted by molar-refractivity contribution is 5.90. The lowest BCUT2D eigenvalue weighted by atomic mass is 9.89. The van der Waals surface area contributed by atoms with Gasteiger partial charge >= 0.3 is 11.9 Å². The summed E-state index contributed by atoms with van der Waals surface area (Å²) in [5.74, 6) is 4.27. The number of H-pyrrole nitrogens is 1. The molecule has 3 atom stereocenters. The van der Waals surface area contributed by atoms with Crippen molar-refractivity contribution in [2.24, 2.45) is 11.8 Å². The van der Waals surface area contributed by atoms with E-state index in [2.05, 4.69) is 22.1 Å². The van der Waals surface area contributed by atoms with Gasteiger partial charge in [0.25, 0.3) is 0 Å². The molecule has 9 nitrogen and oxygen atoms in total. The lowest BCUT2D eigenvalue weighted by Crippen LogP contribution is -2.36. The van der Waals surface area contributed by atoms with Gasteiger partial charge < -0.3 is 29.6 Å². The van der Waals surface area contributed by atoms with E-state index >= 15 is 0 Å². The smallest absolute Gasteiger partial charge is 0.355 e. The number of methoxy groups -OCH3 is 2. The number of amides is 1. The van der Waals surface area contributed by atoms with Crippen molar-refractivity contribution >= 4 is 17.8 Å². The summed E-state index contributed by atoms with van der Waals surface area (Å²) in [5, 5.41) is 13.3. The molecule has 1 amide bonds. The van der Waals surface area contributed by atoms with Crippen LogP contribution in [-0.4, -0.2) is 53.9 Å². The number of hydrogen-bond acceptors (Lipinski definition) is 7. The lowest BCUT2D eigenvalue weighted by molar-refractivity contribution is -0.140. The van der Waals surface area contributed by atoms with Crippen LogP contribution < -0.4 is 10.1 Å². The van der Waals surface area contributed by atoms with Crippen molar-refractivity contribution in [1.29, 1.82) is 0 Å². The first kappa shape index (κ1) is 31.4. The van der Waals surface area contributed by atoms with E-state index in [4.69, 9.17) is 14.2 Å². The summed E-state index contributed by atoms with van der Waals surface area (Å²) >= 11 is 0. The number of aliphatic hydroxyl groups is 1. The fraction of sp³-hybridized carbons (Fsp3) is 0.500. The Kier molecular flexibility index (Phi) is 11.2. The lowest BCUT2D eigenvalue weighted by Gasteiger charge is -2.21. The Bertz CT molecular complexity index is 1210. The molecular weight excluding hydrogens is 500 g/mol. The standard InChI is InChI=1S/C30H40N2O7/c1-18-24(14-16-26(34)38-8)27(29(36)39-30(4,5)6)32-25(18)15-13-23(20(3)33)19(2)28(35)31-17-21-9-11-22(37-7)12-10-21/h9-12,19-20,23,32-33H,14,16-17H2,1-8H3,(H,31,35)/t19-,20+,23+/m1/s1. The summed E-state index contributed by atoms with van der Waals surface area (Å²) in [5.41, 5.74) is 2.16. The van der Waals surface area contributed by atoms with Crippen LogP contribution in [0.1, 0.15) is 73.9 Å². The number of hydrogen-bond donors (Lipinski definition) is 3. The Morgan fingerprint density at radius 3 is 2.28 bits per heavy atom. The second-order valence-electron chi connectivity index (χ2n) is 10.4. The molecule has 1 aromatic carbocycles. The molecule has 0 saturated heterocycles. The molecule has 0 aliphatic carbocycles.